The number of aliphatic hydroxyl groups is 1. The Kier molecular flexibility index (Phi) is 22.8. The zero-order valence-corrected chi connectivity index (χ0v) is 32.9. The Morgan fingerprint density at radius 1 is 0.961 bits per heavy atom. The predicted octanol–water partition coefficient (Wildman–Crippen LogP) is 5.50. The number of hydrogen-bond donors (Lipinski definition) is 4. The van der Waals surface area contributed by atoms with Gasteiger partial charge in [0.05, 0.1) is 37.6 Å². The quantitative estimate of drug-likeness (QED) is 0.0880. The van der Waals surface area contributed by atoms with Gasteiger partial charge in [-0.05, 0) is 73.2 Å². The van der Waals surface area contributed by atoms with Crippen molar-refractivity contribution in [2.45, 2.75) is 92.1 Å². The monoisotopic (exact) mass is 866 g/mol. The molecule has 6 atom stereocenters. The molecule has 0 aliphatic carbocycles. The van der Waals surface area contributed by atoms with E-state index in [9.17, 15) is 14.0 Å². The number of H-pyrrole nitrogens is 1. The van der Waals surface area contributed by atoms with Crippen molar-refractivity contribution in [2.75, 3.05) is 27.8 Å². The second-order valence-electron chi connectivity index (χ2n) is 10.5. The van der Waals surface area contributed by atoms with Crippen LogP contribution in [0.25, 0.3) is 0 Å². The van der Waals surface area contributed by atoms with Crippen LogP contribution < -0.4 is 19.5 Å². The summed E-state index contributed by atoms with van der Waals surface area (Å²) in [5, 5.41) is 20.5. The highest BCUT2D eigenvalue weighted by atomic mass is 127. The third-order valence-electron chi connectivity index (χ3n) is 6.59. The van der Waals surface area contributed by atoms with Gasteiger partial charge in [0.25, 0.3) is 0 Å². The molecular weight excluding hydrogens is 813 g/mol. The van der Waals surface area contributed by atoms with Crippen LogP contribution in [0.5, 0.6) is 0 Å². The Bertz CT molecular complexity index is 1480. The molecule has 2 unspecified atom stereocenters. The molecule has 286 valence electrons. The molecule has 20 heteroatoms. The molecule has 2 aliphatic heterocycles. The number of rotatable bonds is 10. The first-order valence-corrected chi connectivity index (χ1v) is 20.9. The van der Waals surface area contributed by atoms with Crippen LogP contribution in [0.2, 0.25) is 0 Å². The molecule has 0 radical (unpaired) electrons. The smallest absolute Gasteiger partial charge is 0.485 e. The zero-order chi connectivity index (χ0) is 36.8. The Balaban J connectivity index is 0.000000377. The van der Waals surface area contributed by atoms with Crippen molar-refractivity contribution < 1.29 is 37.6 Å². The normalized spacial score (nSPS) is 21.1. The lowest BCUT2D eigenvalue weighted by Crippen LogP contribution is -2.38. The Hall–Kier alpha value is -2.83. The maximum atomic E-state index is 13.1. The molecule has 0 spiro atoms. The number of aromatic amines is 1. The van der Waals surface area contributed by atoms with Crippen LogP contribution in [-0.2, 0) is 23.1 Å². The maximum Gasteiger partial charge on any atom is 0.485 e. The lowest BCUT2D eigenvalue weighted by Gasteiger charge is -2.26. The van der Waals surface area contributed by atoms with E-state index in [-0.39, 0.29) is 39.0 Å². The van der Waals surface area contributed by atoms with Gasteiger partial charge in [0.1, 0.15) is 12.7 Å². The van der Waals surface area contributed by atoms with Crippen LogP contribution in [0.4, 0.5) is 11.4 Å². The summed E-state index contributed by atoms with van der Waals surface area (Å²) in [5.74, 6) is 0. The highest BCUT2D eigenvalue weighted by Crippen LogP contribution is 2.40. The maximum absolute atomic E-state index is 13.1. The SMILES string of the molecule is C.CC.CCI.C[C@H]1CC[C@@H](CO)O1.C[C@H]1CC[C@@H](COP(=O)([O-])Nc2ccncc2)O1.O=P(Nc1ccncc1)(n1cncn1)[n+]1cnc[nH]1. The molecule has 0 aromatic carbocycles. The van der Waals surface area contributed by atoms with E-state index in [0.717, 1.165) is 25.7 Å². The molecule has 6 heterocycles. The zero-order valence-electron chi connectivity index (χ0n) is 29.0. The van der Waals surface area contributed by atoms with Crippen molar-refractivity contribution >= 4 is 49.3 Å². The summed E-state index contributed by atoms with van der Waals surface area (Å²) in [6, 6.07) is 6.53. The standard InChI is InChI=1S/C11H17N2O4P.C9H9N8OP.C6H12O2.C2H5I.C2H6.CH4/c1-9-2-3-11(17-9)8-16-18(14,15)13-10-4-6-12-7-5-10;18-19(16-7-11-5-13-16,17-8-12-6-14-17)15-9-1-3-10-4-2-9;1-5-2-3-6(4-7)8-5;1-2-3;1-2;/h4-7,9,11H,2-3,8H2,1H3,(H2,12,13,14,15);1-8H,(H,10,15,18);5-7H,2-4H2,1H3;2H2,1H3;1-2H3;1H4/t9-,11-;;5-,6-;;;/m0.0.../s1. The summed E-state index contributed by atoms with van der Waals surface area (Å²) in [5.41, 5.74) is 1.08. The topological polar surface area (TPSA) is 218 Å². The van der Waals surface area contributed by atoms with Gasteiger partial charge in [-0.1, -0.05) is 55.2 Å². The molecule has 0 amide bonds. The van der Waals surface area contributed by atoms with E-state index in [1.54, 1.807) is 36.7 Å². The molecule has 2 fully saturated rings. The predicted molar refractivity (Wildman–Crippen MR) is 203 cm³/mol. The summed E-state index contributed by atoms with van der Waals surface area (Å²) >= 11 is 2.29. The first-order valence-electron chi connectivity index (χ1n) is 16.2. The number of nitrogens with zero attached hydrogens (tertiary/aromatic N) is 7. The Morgan fingerprint density at radius 2 is 1.49 bits per heavy atom. The summed E-state index contributed by atoms with van der Waals surface area (Å²) in [7, 11) is -7.38. The number of halogens is 1. The molecule has 0 saturated carbocycles. The Morgan fingerprint density at radius 3 is 1.90 bits per heavy atom. The molecule has 4 aromatic rings. The van der Waals surface area contributed by atoms with E-state index in [0.29, 0.717) is 17.5 Å². The molecule has 4 aromatic heterocycles. The van der Waals surface area contributed by atoms with E-state index < -0.39 is 15.3 Å². The summed E-state index contributed by atoms with van der Waals surface area (Å²) in [4.78, 5) is 27.0. The molecular formula is C31H53IN10O7P2. The van der Waals surface area contributed by atoms with Gasteiger partial charge >= 0.3 is 13.9 Å². The number of alkyl halides is 1. The molecule has 51 heavy (non-hydrogen) atoms. The highest BCUT2D eigenvalue weighted by Gasteiger charge is 2.35. The second kappa shape index (κ2) is 25.2. The molecule has 2 aliphatic rings. The minimum Gasteiger partial charge on any atom is -0.762 e. The minimum atomic E-state index is -4.09. The average molecular weight is 867 g/mol. The van der Waals surface area contributed by atoms with Gasteiger partial charge in [0.15, 0.2) is 0 Å². The fraction of sp³-hybridized carbons (Fsp3) is 0.548. The van der Waals surface area contributed by atoms with Crippen LogP contribution in [-0.4, -0.2) is 81.7 Å². The first kappa shape index (κ1) is 46.2. The van der Waals surface area contributed by atoms with Crippen molar-refractivity contribution in [3.05, 3.63) is 74.4 Å². The van der Waals surface area contributed by atoms with Crippen molar-refractivity contribution in [1.29, 1.82) is 0 Å². The summed E-state index contributed by atoms with van der Waals surface area (Å²) < 4.78 is 44.3. The highest BCUT2D eigenvalue weighted by molar-refractivity contribution is 14.1. The van der Waals surface area contributed by atoms with E-state index in [4.69, 9.17) is 19.1 Å². The van der Waals surface area contributed by atoms with Crippen molar-refractivity contribution in [3.8, 4) is 0 Å². The first-order chi connectivity index (χ1) is 24.1. The molecule has 17 nitrogen and oxygen atoms in total. The fourth-order valence-electron chi connectivity index (χ4n) is 4.34. The van der Waals surface area contributed by atoms with Gasteiger partial charge in [0, 0.05) is 36.2 Å². The molecule has 4 N–H and O–H groups in total. The fourth-order valence-corrected chi connectivity index (χ4v) is 6.92. The minimum absolute atomic E-state index is 0. The molecule has 2 saturated heterocycles. The Labute approximate surface area is 314 Å². The van der Waals surface area contributed by atoms with Gasteiger partial charge < -0.3 is 29.1 Å². The van der Waals surface area contributed by atoms with Crippen LogP contribution in [0, 0.1) is 0 Å². The van der Waals surface area contributed by atoms with Crippen LogP contribution >= 0.6 is 37.9 Å². The largest absolute Gasteiger partial charge is 0.762 e. The average Bonchev–Trinajstić information content (AvgIpc) is 3.96. The van der Waals surface area contributed by atoms with Gasteiger partial charge in [-0.3, -0.25) is 19.6 Å². The van der Waals surface area contributed by atoms with E-state index in [2.05, 4.69) is 69.8 Å². The third-order valence-corrected chi connectivity index (χ3v) is 9.73. The molecule has 0 bridgehead atoms. The van der Waals surface area contributed by atoms with Gasteiger partial charge in [0.2, 0.25) is 14.1 Å². The van der Waals surface area contributed by atoms with Crippen LogP contribution in [0.3, 0.4) is 0 Å². The van der Waals surface area contributed by atoms with Crippen molar-refractivity contribution in [3.63, 3.8) is 0 Å². The summed E-state index contributed by atoms with van der Waals surface area (Å²) in [6.07, 6.45) is 16.2. The summed E-state index contributed by atoms with van der Waals surface area (Å²) in [6.45, 7) is 10.4. The number of aliphatic hydroxyl groups excluding tert-OH is 1. The van der Waals surface area contributed by atoms with Crippen LogP contribution in [0.1, 0.15) is 67.7 Å². The number of aromatic nitrogens is 8. The van der Waals surface area contributed by atoms with Gasteiger partial charge in [-0.15, -0.1) is 9.55 Å². The second-order valence-corrected chi connectivity index (χ2v) is 15.6. The number of pyridine rings is 2. The third kappa shape index (κ3) is 17.0. The van der Waals surface area contributed by atoms with E-state index in [1.807, 2.05) is 27.7 Å². The van der Waals surface area contributed by atoms with Crippen molar-refractivity contribution in [2.24, 2.45) is 0 Å². The number of ether oxygens (including phenoxy) is 2. The van der Waals surface area contributed by atoms with Crippen LogP contribution in [0.15, 0.2) is 74.4 Å². The molecule has 6 rings (SSSR count). The van der Waals surface area contributed by atoms with E-state index in [1.165, 1.54) is 51.0 Å². The van der Waals surface area contributed by atoms with E-state index >= 15 is 0 Å². The van der Waals surface area contributed by atoms with Gasteiger partial charge in [-0.2, -0.15) is 5.10 Å². The van der Waals surface area contributed by atoms with Gasteiger partial charge in [-0.25, -0.2) is 9.55 Å². The number of nitrogens with one attached hydrogen (secondary N) is 3. The number of hydrogen-bond acceptors (Lipinski definition) is 12. The lowest BCUT2D eigenvalue weighted by molar-refractivity contribution is -0.585. The lowest BCUT2D eigenvalue weighted by atomic mass is 10.2. The van der Waals surface area contributed by atoms with Crippen molar-refractivity contribution in [1.82, 2.24) is 34.6 Å². The number of anilines is 2.